The van der Waals surface area contributed by atoms with Gasteiger partial charge in [0.05, 0.1) is 12.3 Å². The number of hydrogen-bond acceptors (Lipinski definition) is 2. The molecule has 4 nitrogen and oxygen atoms in total. The highest BCUT2D eigenvalue weighted by Crippen LogP contribution is 2.38. The minimum atomic E-state index is -4.53. The van der Waals surface area contributed by atoms with Crippen LogP contribution in [0.4, 0.5) is 13.2 Å². The number of halogens is 3. The number of likely N-dealkylation sites (tertiary alicyclic amines) is 1. The van der Waals surface area contributed by atoms with Gasteiger partial charge in [0.25, 0.3) is 0 Å². The number of rotatable bonds is 5. The Kier molecular flexibility index (Phi) is 5.28. The first-order chi connectivity index (χ1) is 10.8. The predicted octanol–water partition coefficient (Wildman–Crippen LogP) is 3.19. The van der Waals surface area contributed by atoms with Gasteiger partial charge in [0.2, 0.25) is 5.91 Å². The standard InChI is InChI=1S/C16H18F3NO3/c17-16(18,19)13(11-5-2-1-3-6-11)10-14(21)20-8-4-7-12(20)9-15(22)23/h1-3,5-6,12-13H,4,7-10H2,(H,22,23). The summed E-state index contributed by atoms with van der Waals surface area (Å²) >= 11 is 0. The summed E-state index contributed by atoms with van der Waals surface area (Å²) in [6, 6.07) is 6.81. The molecule has 1 aromatic carbocycles. The van der Waals surface area contributed by atoms with Crippen molar-refractivity contribution < 1.29 is 27.9 Å². The average molecular weight is 329 g/mol. The minimum absolute atomic E-state index is 0.0438. The van der Waals surface area contributed by atoms with Gasteiger partial charge in [-0.15, -0.1) is 0 Å². The first-order valence-corrected chi connectivity index (χ1v) is 7.42. The molecule has 0 aromatic heterocycles. The lowest BCUT2D eigenvalue weighted by atomic mass is 9.94. The molecule has 1 saturated heterocycles. The fourth-order valence-corrected chi connectivity index (χ4v) is 2.98. The number of amides is 1. The zero-order valence-corrected chi connectivity index (χ0v) is 12.4. The second-order valence-electron chi connectivity index (χ2n) is 5.69. The third-order valence-corrected chi connectivity index (χ3v) is 4.08. The predicted molar refractivity (Wildman–Crippen MR) is 76.8 cm³/mol. The fraction of sp³-hybridized carbons (Fsp3) is 0.500. The molecule has 2 unspecified atom stereocenters. The van der Waals surface area contributed by atoms with E-state index < -0.39 is 36.4 Å². The Morgan fingerprint density at radius 2 is 1.91 bits per heavy atom. The molecule has 0 saturated carbocycles. The SMILES string of the molecule is O=C(O)CC1CCCN1C(=O)CC(c1ccccc1)C(F)(F)F. The molecule has 0 radical (unpaired) electrons. The third-order valence-electron chi connectivity index (χ3n) is 4.08. The Labute approximate surface area is 131 Å². The second-order valence-corrected chi connectivity index (χ2v) is 5.69. The Hall–Kier alpha value is -2.05. The van der Waals surface area contributed by atoms with Gasteiger partial charge in [-0.25, -0.2) is 0 Å². The lowest BCUT2D eigenvalue weighted by Gasteiger charge is -2.27. The second kappa shape index (κ2) is 7.02. The summed E-state index contributed by atoms with van der Waals surface area (Å²) < 4.78 is 39.9. The van der Waals surface area contributed by atoms with Crippen LogP contribution >= 0.6 is 0 Å². The van der Waals surface area contributed by atoms with Gasteiger partial charge in [-0.2, -0.15) is 13.2 Å². The molecule has 1 amide bonds. The van der Waals surface area contributed by atoms with E-state index in [-0.39, 0.29) is 12.0 Å². The highest BCUT2D eigenvalue weighted by atomic mass is 19.4. The van der Waals surface area contributed by atoms with Gasteiger partial charge in [0.1, 0.15) is 0 Å². The lowest BCUT2D eigenvalue weighted by molar-refractivity contribution is -0.161. The van der Waals surface area contributed by atoms with Gasteiger partial charge in [-0.1, -0.05) is 30.3 Å². The summed E-state index contributed by atoms with van der Waals surface area (Å²) in [6.07, 6.45) is -4.32. The van der Waals surface area contributed by atoms with Crippen molar-refractivity contribution in [3.63, 3.8) is 0 Å². The molecule has 1 heterocycles. The van der Waals surface area contributed by atoms with Crippen LogP contribution in [0.5, 0.6) is 0 Å². The maximum absolute atomic E-state index is 13.3. The van der Waals surface area contributed by atoms with Crippen molar-refractivity contribution in [1.82, 2.24) is 4.90 Å². The van der Waals surface area contributed by atoms with Crippen LogP contribution in [0.3, 0.4) is 0 Å². The van der Waals surface area contributed by atoms with Crippen molar-refractivity contribution in [2.24, 2.45) is 0 Å². The van der Waals surface area contributed by atoms with Gasteiger partial charge in [0, 0.05) is 19.0 Å². The zero-order chi connectivity index (χ0) is 17.0. The Morgan fingerprint density at radius 1 is 1.26 bits per heavy atom. The Bertz CT molecular complexity index is 559. The summed E-state index contributed by atoms with van der Waals surface area (Å²) in [5.41, 5.74) is 0.0438. The van der Waals surface area contributed by atoms with E-state index in [0.29, 0.717) is 19.4 Å². The summed E-state index contributed by atoms with van der Waals surface area (Å²) in [5, 5.41) is 8.84. The van der Waals surface area contributed by atoms with E-state index in [1.165, 1.54) is 29.2 Å². The molecule has 2 atom stereocenters. The van der Waals surface area contributed by atoms with Gasteiger partial charge in [0.15, 0.2) is 0 Å². The van der Waals surface area contributed by atoms with Crippen LogP contribution in [-0.2, 0) is 9.59 Å². The molecular weight excluding hydrogens is 311 g/mol. The lowest BCUT2D eigenvalue weighted by Crippen LogP contribution is -2.39. The Morgan fingerprint density at radius 3 is 2.48 bits per heavy atom. The number of hydrogen-bond donors (Lipinski definition) is 1. The Balaban J connectivity index is 2.13. The monoisotopic (exact) mass is 329 g/mol. The van der Waals surface area contributed by atoms with Crippen LogP contribution in [-0.4, -0.2) is 40.6 Å². The fourth-order valence-electron chi connectivity index (χ4n) is 2.98. The molecule has 23 heavy (non-hydrogen) atoms. The van der Waals surface area contributed by atoms with E-state index in [2.05, 4.69) is 0 Å². The summed E-state index contributed by atoms with van der Waals surface area (Å²) in [5.74, 6) is -3.56. The highest BCUT2D eigenvalue weighted by molar-refractivity contribution is 5.79. The van der Waals surface area contributed by atoms with Crippen LogP contribution in [0.2, 0.25) is 0 Å². The highest BCUT2D eigenvalue weighted by Gasteiger charge is 2.43. The molecule has 126 valence electrons. The first-order valence-electron chi connectivity index (χ1n) is 7.42. The molecule has 7 heteroatoms. The number of benzene rings is 1. The molecule has 1 N–H and O–H groups in total. The quantitative estimate of drug-likeness (QED) is 0.902. The van der Waals surface area contributed by atoms with E-state index in [4.69, 9.17) is 5.11 Å². The average Bonchev–Trinajstić information content (AvgIpc) is 2.91. The maximum atomic E-state index is 13.3. The topological polar surface area (TPSA) is 57.6 Å². The minimum Gasteiger partial charge on any atom is -0.481 e. The number of nitrogens with zero attached hydrogens (tertiary/aromatic N) is 1. The summed E-state index contributed by atoms with van der Waals surface area (Å²) in [6.45, 7) is 0.316. The number of carboxylic acids is 1. The molecule has 0 aliphatic carbocycles. The van der Waals surface area contributed by atoms with Gasteiger partial charge >= 0.3 is 12.1 Å². The molecule has 0 spiro atoms. The van der Waals surface area contributed by atoms with E-state index in [0.717, 1.165) is 0 Å². The molecule has 2 rings (SSSR count). The molecule has 0 bridgehead atoms. The zero-order valence-electron chi connectivity index (χ0n) is 12.4. The van der Waals surface area contributed by atoms with E-state index in [1.807, 2.05) is 0 Å². The molecule has 1 fully saturated rings. The molecular formula is C16H18F3NO3. The third kappa shape index (κ3) is 4.46. The van der Waals surface area contributed by atoms with Crippen LogP contribution in [0.25, 0.3) is 0 Å². The first kappa shape index (κ1) is 17.3. The van der Waals surface area contributed by atoms with E-state index in [1.54, 1.807) is 6.07 Å². The van der Waals surface area contributed by atoms with Crippen LogP contribution in [0.1, 0.15) is 37.2 Å². The van der Waals surface area contributed by atoms with Gasteiger partial charge in [-0.3, -0.25) is 9.59 Å². The molecule has 1 aliphatic rings. The molecule has 1 aromatic rings. The number of alkyl halides is 3. The van der Waals surface area contributed by atoms with Crippen molar-refractivity contribution in [2.75, 3.05) is 6.54 Å². The van der Waals surface area contributed by atoms with Crippen molar-refractivity contribution in [1.29, 1.82) is 0 Å². The van der Waals surface area contributed by atoms with Gasteiger partial charge in [-0.05, 0) is 18.4 Å². The van der Waals surface area contributed by atoms with Crippen molar-refractivity contribution in [2.45, 2.75) is 43.8 Å². The summed E-state index contributed by atoms with van der Waals surface area (Å²) in [7, 11) is 0. The summed E-state index contributed by atoms with van der Waals surface area (Å²) in [4.78, 5) is 24.4. The normalized spacial score (nSPS) is 19.6. The van der Waals surface area contributed by atoms with Gasteiger partial charge < -0.3 is 10.0 Å². The van der Waals surface area contributed by atoms with E-state index in [9.17, 15) is 22.8 Å². The smallest absolute Gasteiger partial charge is 0.396 e. The van der Waals surface area contributed by atoms with E-state index >= 15 is 0 Å². The van der Waals surface area contributed by atoms with Crippen LogP contribution in [0.15, 0.2) is 30.3 Å². The van der Waals surface area contributed by atoms with Crippen molar-refractivity contribution in [3.8, 4) is 0 Å². The number of carbonyl (C=O) groups excluding carboxylic acids is 1. The van der Waals surface area contributed by atoms with Crippen molar-refractivity contribution >= 4 is 11.9 Å². The number of carbonyl (C=O) groups is 2. The van der Waals surface area contributed by atoms with Crippen LogP contribution in [0, 0.1) is 0 Å². The number of aliphatic carboxylic acids is 1. The molecule has 1 aliphatic heterocycles. The maximum Gasteiger partial charge on any atom is 0.396 e. The van der Waals surface area contributed by atoms with Crippen molar-refractivity contribution in [3.05, 3.63) is 35.9 Å². The van der Waals surface area contributed by atoms with Crippen LogP contribution < -0.4 is 0 Å². The number of carboxylic acid groups (broad SMARTS) is 1. The largest absolute Gasteiger partial charge is 0.481 e.